The van der Waals surface area contributed by atoms with Gasteiger partial charge in [0.05, 0.1) is 6.10 Å². The molecule has 1 aromatic carbocycles. The van der Waals surface area contributed by atoms with Crippen LogP contribution in [0.5, 0.6) is 5.75 Å². The quantitative estimate of drug-likeness (QED) is 0.518. The Morgan fingerprint density at radius 3 is 2.83 bits per heavy atom. The summed E-state index contributed by atoms with van der Waals surface area (Å²) >= 11 is 0. The van der Waals surface area contributed by atoms with Crippen molar-refractivity contribution in [1.29, 1.82) is 0 Å². The van der Waals surface area contributed by atoms with Crippen molar-refractivity contribution < 1.29 is 10.2 Å². The number of aliphatic hydroxyl groups excluding tert-OH is 1. The Bertz CT molecular complexity index is 311. The molecule has 0 radical (unpaired) electrons. The highest BCUT2D eigenvalue weighted by molar-refractivity contribution is 5.45. The van der Waals surface area contributed by atoms with E-state index in [0.717, 1.165) is 11.1 Å². The number of aliphatic hydroxyl groups is 1. The lowest BCUT2D eigenvalue weighted by molar-refractivity contribution is 0.159. The van der Waals surface area contributed by atoms with Gasteiger partial charge in [-0.2, -0.15) is 0 Å². The molecule has 0 amide bonds. The van der Waals surface area contributed by atoms with E-state index >= 15 is 0 Å². The van der Waals surface area contributed by atoms with Gasteiger partial charge in [0.2, 0.25) is 0 Å². The summed E-state index contributed by atoms with van der Waals surface area (Å²) in [4.78, 5) is 0. The van der Waals surface area contributed by atoms with Gasteiger partial charge in [-0.15, -0.1) is 0 Å². The molecule has 0 unspecified atom stereocenters. The Hall–Kier alpha value is -1.06. The lowest BCUT2D eigenvalue weighted by Crippen LogP contribution is -2.24. The van der Waals surface area contributed by atoms with Crippen molar-refractivity contribution in [3.63, 3.8) is 0 Å². The Morgan fingerprint density at radius 1 is 1.42 bits per heavy atom. The standard InChI is InChI=1S/C9H11NO2/c10-7-4-6-5(9(7)12)2-1-3-8(6)11/h1-3,7,9,11-12H,4,10H2/t7-,9-/m0/s1. The van der Waals surface area contributed by atoms with Gasteiger partial charge in [-0.05, 0) is 18.1 Å². The first-order valence-corrected chi connectivity index (χ1v) is 3.94. The van der Waals surface area contributed by atoms with Crippen LogP contribution in [-0.2, 0) is 6.42 Å². The van der Waals surface area contributed by atoms with Crippen LogP contribution in [0.1, 0.15) is 17.2 Å². The summed E-state index contributed by atoms with van der Waals surface area (Å²) in [7, 11) is 0. The molecule has 4 N–H and O–H groups in total. The molecule has 2 rings (SSSR count). The topological polar surface area (TPSA) is 66.5 Å². The summed E-state index contributed by atoms with van der Waals surface area (Å²) in [5, 5.41) is 18.9. The minimum absolute atomic E-state index is 0.236. The van der Waals surface area contributed by atoms with Crippen molar-refractivity contribution in [2.75, 3.05) is 0 Å². The molecular formula is C9H11NO2. The van der Waals surface area contributed by atoms with Crippen molar-refractivity contribution in [2.45, 2.75) is 18.6 Å². The molecule has 1 aliphatic carbocycles. The van der Waals surface area contributed by atoms with Crippen molar-refractivity contribution in [2.24, 2.45) is 5.73 Å². The number of nitrogens with two attached hydrogens (primary N) is 1. The second-order valence-corrected chi connectivity index (χ2v) is 3.16. The van der Waals surface area contributed by atoms with E-state index in [0.29, 0.717) is 6.42 Å². The number of aromatic hydroxyl groups is 1. The zero-order valence-electron chi connectivity index (χ0n) is 6.57. The first kappa shape index (κ1) is 7.58. The first-order valence-electron chi connectivity index (χ1n) is 3.94. The average Bonchev–Trinajstić information content (AvgIpc) is 2.32. The third-order valence-corrected chi connectivity index (χ3v) is 2.35. The van der Waals surface area contributed by atoms with Crippen LogP contribution >= 0.6 is 0 Å². The number of phenols is 1. The normalized spacial score (nSPS) is 27.2. The monoisotopic (exact) mass is 165 g/mol. The number of benzene rings is 1. The average molecular weight is 165 g/mol. The number of fused-ring (bicyclic) bond motifs is 1. The fourth-order valence-electron chi connectivity index (χ4n) is 1.67. The van der Waals surface area contributed by atoms with Crippen molar-refractivity contribution in [3.8, 4) is 5.75 Å². The van der Waals surface area contributed by atoms with Crippen LogP contribution in [-0.4, -0.2) is 16.3 Å². The van der Waals surface area contributed by atoms with E-state index in [9.17, 15) is 10.2 Å². The summed E-state index contributed by atoms with van der Waals surface area (Å²) in [5.41, 5.74) is 7.19. The molecular weight excluding hydrogens is 154 g/mol. The molecule has 64 valence electrons. The van der Waals surface area contributed by atoms with Crippen LogP contribution in [0.4, 0.5) is 0 Å². The van der Waals surface area contributed by atoms with Gasteiger partial charge in [-0.25, -0.2) is 0 Å². The minimum atomic E-state index is -0.618. The van der Waals surface area contributed by atoms with Crippen molar-refractivity contribution >= 4 is 0 Å². The van der Waals surface area contributed by atoms with Gasteiger partial charge in [0.1, 0.15) is 5.75 Å². The predicted octanol–water partition coefficient (Wildman–Crippen LogP) is 0.309. The second kappa shape index (κ2) is 2.47. The van der Waals surface area contributed by atoms with E-state index in [4.69, 9.17) is 5.73 Å². The smallest absolute Gasteiger partial charge is 0.119 e. The molecule has 0 aliphatic heterocycles. The number of phenolic OH excluding ortho intramolecular Hbond substituents is 1. The van der Waals surface area contributed by atoms with E-state index in [1.807, 2.05) is 0 Å². The molecule has 12 heavy (non-hydrogen) atoms. The van der Waals surface area contributed by atoms with Crippen molar-refractivity contribution in [3.05, 3.63) is 29.3 Å². The lowest BCUT2D eigenvalue weighted by Gasteiger charge is -2.07. The van der Waals surface area contributed by atoms with Crippen LogP contribution in [0.15, 0.2) is 18.2 Å². The Balaban J connectivity index is 2.53. The molecule has 0 bridgehead atoms. The maximum Gasteiger partial charge on any atom is 0.119 e. The van der Waals surface area contributed by atoms with Crippen molar-refractivity contribution in [1.82, 2.24) is 0 Å². The fourth-order valence-corrected chi connectivity index (χ4v) is 1.67. The van der Waals surface area contributed by atoms with E-state index in [2.05, 4.69) is 0 Å². The summed E-state index contributed by atoms with van der Waals surface area (Å²) in [6.45, 7) is 0. The maximum atomic E-state index is 9.54. The Labute approximate surface area is 70.4 Å². The molecule has 3 heteroatoms. The summed E-state index contributed by atoms with van der Waals surface area (Å²) in [6.07, 6.45) is -0.0597. The van der Waals surface area contributed by atoms with Crippen LogP contribution in [0.2, 0.25) is 0 Å². The van der Waals surface area contributed by atoms with E-state index < -0.39 is 6.10 Å². The summed E-state index contributed by atoms with van der Waals surface area (Å²) in [5.74, 6) is 0.236. The molecule has 0 spiro atoms. The van der Waals surface area contributed by atoms with Gasteiger partial charge in [-0.1, -0.05) is 12.1 Å². The van der Waals surface area contributed by atoms with E-state index in [1.165, 1.54) is 0 Å². The molecule has 3 nitrogen and oxygen atoms in total. The SMILES string of the molecule is N[C@H]1Cc2c(O)cccc2[C@@H]1O. The molecule has 1 aromatic rings. The van der Waals surface area contributed by atoms with Crippen LogP contribution < -0.4 is 5.73 Å². The van der Waals surface area contributed by atoms with Gasteiger partial charge < -0.3 is 15.9 Å². The molecule has 0 aromatic heterocycles. The van der Waals surface area contributed by atoms with Crippen LogP contribution in [0.3, 0.4) is 0 Å². The zero-order chi connectivity index (χ0) is 8.72. The lowest BCUT2D eigenvalue weighted by atomic mass is 10.1. The Kier molecular flexibility index (Phi) is 1.56. The number of hydrogen-bond donors (Lipinski definition) is 3. The van der Waals surface area contributed by atoms with E-state index in [-0.39, 0.29) is 11.8 Å². The highest BCUT2D eigenvalue weighted by Crippen LogP contribution is 2.35. The largest absolute Gasteiger partial charge is 0.508 e. The Morgan fingerprint density at radius 2 is 2.17 bits per heavy atom. The fraction of sp³-hybridized carbons (Fsp3) is 0.333. The second-order valence-electron chi connectivity index (χ2n) is 3.16. The first-order chi connectivity index (χ1) is 5.70. The van der Waals surface area contributed by atoms with Gasteiger partial charge in [0.15, 0.2) is 0 Å². The summed E-state index contributed by atoms with van der Waals surface area (Å²) in [6, 6.07) is 4.86. The minimum Gasteiger partial charge on any atom is -0.508 e. The zero-order valence-corrected chi connectivity index (χ0v) is 6.57. The van der Waals surface area contributed by atoms with Gasteiger partial charge >= 0.3 is 0 Å². The maximum absolute atomic E-state index is 9.54. The van der Waals surface area contributed by atoms with Crippen LogP contribution in [0, 0.1) is 0 Å². The third kappa shape index (κ3) is 0.906. The van der Waals surface area contributed by atoms with E-state index in [1.54, 1.807) is 18.2 Å². The molecule has 0 heterocycles. The highest BCUT2D eigenvalue weighted by Gasteiger charge is 2.29. The molecule has 1 aliphatic rings. The number of rotatable bonds is 0. The molecule has 0 saturated heterocycles. The van der Waals surface area contributed by atoms with Gasteiger partial charge in [-0.3, -0.25) is 0 Å². The molecule has 0 fully saturated rings. The number of hydrogen-bond acceptors (Lipinski definition) is 3. The van der Waals surface area contributed by atoms with Gasteiger partial charge in [0, 0.05) is 11.6 Å². The predicted molar refractivity (Wildman–Crippen MR) is 44.7 cm³/mol. The molecule has 0 saturated carbocycles. The highest BCUT2D eigenvalue weighted by atomic mass is 16.3. The van der Waals surface area contributed by atoms with Gasteiger partial charge in [0.25, 0.3) is 0 Å². The summed E-state index contributed by atoms with van der Waals surface area (Å²) < 4.78 is 0. The molecule has 2 atom stereocenters. The van der Waals surface area contributed by atoms with Crippen LogP contribution in [0.25, 0.3) is 0 Å². The third-order valence-electron chi connectivity index (χ3n) is 2.35.